The Balaban J connectivity index is 1.73. The monoisotopic (exact) mass is 234 g/mol. The van der Waals surface area contributed by atoms with Crippen molar-refractivity contribution in [2.75, 3.05) is 13.1 Å². The highest BCUT2D eigenvalue weighted by Crippen LogP contribution is 2.20. The Morgan fingerprint density at radius 3 is 2.81 bits per heavy atom. The predicted octanol–water partition coefficient (Wildman–Crippen LogP) is 0.601. The van der Waals surface area contributed by atoms with Gasteiger partial charge in [0.05, 0.1) is 11.8 Å². The number of halogens is 2. The highest BCUT2D eigenvalue weighted by Gasteiger charge is 2.38. The Kier molecular flexibility index (Phi) is 3.04. The van der Waals surface area contributed by atoms with Gasteiger partial charge in [0, 0.05) is 19.5 Å². The van der Waals surface area contributed by atoms with Gasteiger partial charge in [0.25, 0.3) is 5.91 Å². The minimum Gasteiger partial charge on any atom is -0.382 e. The molecule has 0 bridgehead atoms. The molecule has 0 aromatic heterocycles. The zero-order chi connectivity index (χ0) is 11.7. The van der Waals surface area contributed by atoms with E-state index in [9.17, 15) is 13.6 Å². The summed E-state index contributed by atoms with van der Waals surface area (Å²) in [7, 11) is 0. The largest absolute Gasteiger partial charge is 0.382 e. The van der Waals surface area contributed by atoms with Gasteiger partial charge in [-0.15, -0.1) is 0 Å². The first-order valence-corrected chi connectivity index (χ1v) is 4.98. The third-order valence-electron chi connectivity index (χ3n) is 2.55. The summed E-state index contributed by atoms with van der Waals surface area (Å²) >= 11 is 0. The van der Waals surface area contributed by atoms with Gasteiger partial charge in [-0.1, -0.05) is 5.16 Å². The van der Waals surface area contributed by atoms with Crippen LogP contribution in [0.3, 0.4) is 0 Å². The van der Waals surface area contributed by atoms with Crippen LogP contribution in [-0.4, -0.2) is 48.4 Å². The first kappa shape index (κ1) is 11.3. The fourth-order valence-corrected chi connectivity index (χ4v) is 1.68. The van der Waals surface area contributed by atoms with E-state index in [4.69, 9.17) is 4.84 Å². The fourth-order valence-electron chi connectivity index (χ4n) is 1.68. The summed E-state index contributed by atoms with van der Waals surface area (Å²) in [6, 6.07) is 0. The van der Waals surface area contributed by atoms with Crippen molar-refractivity contribution < 1.29 is 23.1 Å². The van der Waals surface area contributed by atoms with Crippen molar-refractivity contribution in [1.82, 2.24) is 4.90 Å². The summed E-state index contributed by atoms with van der Waals surface area (Å²) in [5, 5.41) is 3.66. The number of rotatable bonds is 3. The van der Waals surface area contributed by atoms with Crippen LogP contribution in [0.1, 0.15) is 13.3 Å². The number of carbonyl (C=O) groups excluding carboxylic acids is 1. The molecule has 0 spiro atoms. The molecule has 0 N–H and O–H groups in total. The Labute approximate surface area is 91.0 Å². The highest BCUT2D eigenvalue weighted by atomic mass is 19.3. The quantitative estimate of drug-likeness (QED) is 0.718. The average molecular weight is 234 g/mol. The number of carbonyl (C=O) groups is 1. The van der Waals surface area contributed by atoms with Gasteiger partial charge in [-0.2, -0.15) is 8.78 Å². The van der Waals surface area contributed by atoms with Crippen molar-refractivity contribution in [3.8, 4) is 0 Å². The van der Waals surface area contributed by atoms with Crippen molar-refractivity contribution >= 4 is 11.6 Å². The second-order valence-electron chi connectivity index (χ2n) is 3.89. The lowest BCUT2D eigenvalue weighted by Crippen LogP contribution is -2.57. The maximum absolute atomic E-state index is 11.8. The summed E-state index contributed by atoms with van der Waals surface area (Å²) in [5.74, 6) is -0.213. The number of amides is 1. The maximum Gasteiger partial charge on any atom is 0.345 e. The molecule has 7 heteroatoms. The van der Waals surface area contributed by atoms with E-state index in [2.05, 4.69) is 9.89 Å². The van der Waals surface area contributed by atoms with Crippen molar-refractivity contribution in [3.05, 3.63) is 0 Å². The van der Waals surface area contributed by atoms with Crippen LogP contribution in [0, 0.1) is 0 Å². The van der Waals surface area contributed by atoms with Gasteiger partial charge in [-0.3, -0.25) is 4.79 Å². The number of oxime groups is 1. The minimum atomic E-state index is -2.78. The lowest BCUT2D eigenvalue weighted by atomic mass is 10.1. The smallest absolute Gasteiger partial charge is 0.345 e. The minimum absolute atomic E-state index is 0.197. The van der Waals surface area contributed by atoms with Gasteiger partial charge in [-0.25, -0.2) is 0 Å². The summed E-state index contributed by atoms with van der Waals surface area (Å²) in [4.78, 5) is 18.0. The number of hydrogen-bond acceptors (Lipinski definition) is 4. The van der Waals surface area contributed by atoms with Gasteiger partial charge < -0.3 is 14.5 Å². The van der Waals surface area contributed by atoms with Gasteiger partial charge in [0.15, 0.2) is 0 Å². The number of hydrogen-bond donors (Lipinski definition) is 0. The molecule has 2 aliphatic rings. The topological polar surface area (TPSA) is 51.1 Å². The third kappa shape index (κ3) is 2.29. The van der Waals surface area contributed by atoms with E-state index in [1.54, 1.807) is 6.92 Å². The zero-order valence-electron chi connectivity index (χ0n) is 8.73. The zero-order valence-corrected chi connectivity index (χ0v) is 8.73. The van der Waals surface area contributed by atoms with Gasteiger partial charge in [0.1, 0.15) is 0 Å². The van der Waals surface area contributed by atoms with Crippen LogP contribution in [0.15, 0.2) is 5.16 Å². The van der Waals surface area contributed by atoms with Crippen LogP contribution in [0.2, 0.25) is 0 Å². The highest BCUT2D eigenvalue weighted by molar-refractivity contribution is 5.91. The van der Waals surface area contributed by atoms with E-state index in [1.807, 2.05) is 0 Å². The lowest BCUT2D eigenvalue weighted by Gasteiger charge is -2.39. The first-order valence-electron chi connectivity index (χ1n) is 4.98. The molecule has 1 fully saturated rings. The molecule has 1 saturated heterocycles. The summed E-state index contributed by atoms with van der Waals surface area (Å²) in [6.07, 6.45) is -0.685. The van der Waals surface area contributed by atoms with Crippen LogP contribution >= 0.6 is 0 Å². The Morgan fingerprint density at radius 2 is 2.31 bits per heavy atom. The number of nitrogens with zero attached hydrogens (tertiary/aromatic N) is 2. The van der Waals surface area contributed by atoms with E-state index in [0.717, 1.165) is 5.71 Å². The van der Waals surface area contributed by atoms with Crippen molar-refractivity contribution in [1.29, 1.82) is 0 Å². The molecule has 1 unspecified atom stereocenters. The predicted molar refractivity (Wildman–Crippen MR) is 50.1 cm³/mol. The fraction of sp³-hybridized carbons (Fsp3) is 0.778. The molecular weight excluding hydrogens is 222 g/mol. The normalized spacial score (nSPS) is 25.4. The standard InChI is InChI=1S/C9H12F2N2O3/c1-5-2-7(16-12-5)8(14)13-3-6(4-13)15-9(10)11/h6-7,9H,2-4H2,1H3. The van der Waals surface area contributed by atoms with E-state index in [-0.39, 0.29) is 19.0 Å². The maximum atomic E-state index is 11.8. The molecule has 0 aliphatic carbocycles. The molecule has 1 amide bonds. The molecule has 2 heterocycles. The summed E-state index contributed by atoms with van der Waals surface area (Å²) < 4.78 is 27.9. The van der Waals surface area contributed by atoms with Crippen LogP contribution in [-0.2, 0) is 14.4 Å². The van der Waals surface area contributed by atoms with E-state index < -0.39 is 18.8 Å². The Hall–Kier alpha value is -1.24. The summed E-state index contributed by atoms with van der Waals surface area (Å²) in [5.41, 5.74) is 0.763. The molecule has 2 rings (SSSR count). The van der Waals surface area contributed by atoms with E-state index >= 15 is 0 Å². The molecule has 0 saturated carbocycles. The van der Waals surface area contributed by atoms with Crippen molar-refractivity contribution in [2.24, 2.45) is 5.16 Å². The molecule has 90 valence electrons. The Bertz CT molecular complexity index is 316. The molecule has 5 nitrogen and oxygen atoms in total. The second-order valence-corrected chi connectivity index (χ2v) is 3.89. The molecule has 1 atom stereocenters. The average Bonchev–Trinajstić information content (AvgIpc) is 2.56. The molecule has 0 aromatic rings. The van der Waals surface area contributed by atoms with Crippen molar-refractivity contribution in [3.63, 3.8) is 0 Å². The molecular formula is C9H12F2N2O3. The number of likely N-dealkylation sites (tertiary alicyclic amines) is 1. The van der Waals surface area contributed by atoms with Crippen LogP contribution in [0.4, 0.5) is 8.78 Å². The molecule has 2 aliphatic heterocycles. The molecule has 16 heavy (non-hydrogen) atoms. The van der Waals surface area contributed by atoms with Crippen molar-refractivity contribution in [2.45, 2.75) is 32.2 Å². The van der Waals surface area contributed by atoms with Crippen LogP contribution in [0.5, 0.6) is 0 Å². The van der Waals surface area contributed by atoms with Gasteiger partial charge >= 0.3 is 6.61 Å². The first-order chi connectivity index (χ1) is 7.56. The van der Waals surface area contributed by atoms with E-state index in [1.165, 1.54) is 4.90 Å². The third-order valence-corrected chi connectivity index (χ3v) is 2.55. The van der Waals surface area contributed by atoms with Crippen LogP contribution in [0.25, 0.3) is 0 Å². The summed E-state index contributed by atoms with van der Waals surface area (Å²) in [6.45, 7) is -0.619. The van der Waals surface area contributed by atoms with Gasteiger partial charge in [0.2, 0.25) is 6.10 Å². The lowest BCUT2D eigenvalue weighted by molar-refractivity contribution is -0.201. The van der Waals surface area contributed by atoms with Crippen LogP contribution < -0.4 is 0 Å². The number of alkyl halides is 2. The molecule has 0 aromatic carbocycles. The second kappa shape index (κ2) is 4.32. The molecule has 0 radical (unpaired) electrons. The van der Waals surface area contributed by atoms with Gasteiger partial charge in [-0.05, 0) is 6.92 Å². The van der Waals surface area contributed by atoms with E-state index in [0.29, 0.717) is 6.42 Å². The SMILES string of the molecule is CC1=NOC(C(=O)N2CC(OC(F)F)C2)C1. The number of ether oxygens (including phenoxy) is 1. The Morgan fingerprint density at radius 1 is 1.62 bits per heavy atom.